The monoisotopic (exact) mass is 253 g/mol. The predicted octanol–water partition coefficient (Wildman–Crippen LogP) is 1.83. The summed E-state index contributed by atoms with van der Waals surface area (Å²) in [7, 11) is 0. The Labute approximate surface area is 107 Å². The van der Waals surface area contributed by atoms with E-state index in [2.05, 4.69) is 5.32 Å². The van der Waals surface area contributed by atoms with Crippen molar-refractivity contribution in [1.29, 1.82) is 0 Å². The Morgan fingerprint density at radius 2 is 2.11 bits per heavy atom. The SMILES string of the molecule is OCc1cc(CNCC2CCOCC2)ccc1F. The van der Waals surface area contributed by atoms with Gasteiger partial charge in [-0.25, -0.2) is 4.39 Å². The lowest BCUT2D eigenvalue weighted by Crippen LogP contribution is -2.27. The molecular formula is C14H20FNO2. The summed E-state index contributed by atoms with van der Waals surface area (Å²) in [5.41, 5.74) is 1.37. The summed E-state index contributed by atoms with van der Waals surface area (Å²) in [4.78, 5) is 0. The Morgan fingerprint density at radius 3 is 2.83 bits per heavy atom. The number of halogens is 1. The van der Waals surface area contributed by atoms with Crippen LogP contribution in [0.15, 0.2) is 18.2 Å². The van der Waals surface area contributed by atoms with E-state index in [1.165, 1.54) is 6.07 Å². The van der Waals surface area contributed by atoms with E-state index in [-0.39, 0.29) is 12.4 Å². The largest absolute Gasteiger partial charge is 0.392 e. The van der Waals surface area contributed by atoms with Gasteiger partial charge in [0.15, 0.2) is 0 Å². The summed E-state index contributed by atoms with van der Waals surface area (Å²) < 4.78 is 18.5. The van der Waals surface area contributed by atoms with Crippen molar-refractivity contribution in [3.63, 3.8) is 0 Å². The van der Waals surface area contributed by atoms with E-state index in [0.717, 1.165) is 38.2 Å². The van der Waals surface area contributed by atoms with E-state index in [4.69, 9.17) is 9.84 Å². The minimum atomic E-state index is -0.342. The van der Waals surface area contributed by atoms with Crippen LogP contribution in [0.25, 0.3) is 0 Å². The molecule has 0 amide bonds. The van der Waals surface area contributed by atoms with Crippen LogP contribution in [0.4, 0.5) is 4.39 Å². The van der Waals surface area contributed by atoms with Crippen LogP contribution in [-0.4, -0.2) is 24.9 Å². The first-order valence-electron chi connectivity index (χ1n) is 6.46. The van der Waals surface area contributed by atoms with Gasteiger partial charge in [0.05, 0.1) is 6.61 Å². The smallest absolute Gasteiger partial charge is 0.128 e. The number of hydrogen-bond acceptors (Lipinski definition) is 3. The molecule has 1 aromatic carbocycles. The molecule has 1 saturated heterocycles. The minimum Gasteiger partial charge on any atom is -0.392 e. The lowest BCUT2D eigenvalue weighted by Gasteiger charge is -2.22. The molecule has 1 heterocycles. The molecule has 1 aliphatic heterocycles. The van der Waals surface area contributed by atoms with E-state index in [1.807, 2.05) is 0 Å². The Hall–Kier alpha value is -0.970. The normalized spacial score (nSPS) is 17.0. The predicted molar refractivity (Wildman–Crippen MR) is 67.6 cm³/mol. The second-order valence-corrected chi connectivity index (χ2v) is 4.77. The van der Waals surface area contributed by atoms with Crippen molar-refractivity contribution < 1.29 is 14.2 Å². The van der Waals surface area contributed by atoms with Crippen molar-refractivity contribution >= 4 is 0 Å². The summed E-state index contributed by atoms with van der Waals surface area (Å²) in [6.07, 6.45) is 2.22. The third kappa shape index (κ3) is 3.77. The van der Waals surface area contributed by atoms with Crippen molar-refractivity contribution in [2.24, 2.45) is 5.92 Å². The number of nitrogens with one attached hydrogen (secondary N) is 1. The van der Waals surface area contributed by atoms with Crippen LogP contribution in [0.5, 0.6) is 0 Å². The molecule has 4 heteroatoms. The number of aliphatic hydroxyl groups is 1. The number of aliphatic hydroxyl groups excluding tert-OH is 1. The molecule has 3 nitrogen and oxygen atoms in total. The molecule has 1 fully saturated rings. The maximum atomic E-state index is 13.2. The van der Waals surface area contributed by atoms with Gasteiger partial charge in [0.1, 0.15) is 5.82 Å². The lowest BCUT2D eigenvalue weighted by atomic mass is 10.0. The number of rotatable bonds is 5. The van der Waals surface area contributed by atoms with Crippen molar-refractivity contribution in [3.8, 4) is 0 Å². The van der Waals surface area contributed by atoms with Crippen LogP contribution >= 0.6 is 0 Å². The number of hydrogen-bond donors (Lipinski definition) is 2. The maximum absolute atomic E-state index is 13.2. The average Bonchev–Trinajstić information content (AvgIpc) is 2.42. The summed E-state index contributed by atoms with van der Waals surface area (Å²) in [5.74, 6) is 0.335. The zero-order chi connectivity index (χ0) is 12.8. The van der Waals surface area contributed by atoms with Crippen LogP contribution in [0.1, 0.15) is 24.0 Å². The van der Waals surface area contributed by atoms with Gasteiger partial charge in [0, 0.05) is 25.3 Å². The first kappa shape index (κ1) is 13.5. The van der Waals surface area contributed by atoms with E-state index in [0.29, 0.717) is 18.0 Å². The van der Waals surface area contributed by atoms with Gasteiger partial charge in [-0.05, 0) is 43.0 Å². The molecule has 18 heavy (non-hydrogen) atoms. The summed E-state index contributed by atoms with van der Waals surface area (Å²) in [5, 5.41) is 12.4. The molecule has 2 N–H and O–H groups in total. The van der Waals surface area contributed by atoms with Crippen LogP contribution < -0.4 is 5.32 Å². The number of ether oxygens (including phenoxy) is 1. The zero-order valence-corrected chi connectivity index (χ0v) is 10.5. The van der Waals surface area contributed by atoms with Crippen LogP contribution in [-0.2, 0) is 17.9 Å². The average molecular weight is 253 g/mol. The molecule has 2 rings (SSSR count). The molecule has 1 aliphatic rings. The topological polar surface area (TPSA) is 41.5 Å². The second-order valence-electron chi connectivity index (χ2n) is 4.77. The second kappa shape index (κ2) is 6.83. The fourth-order valence-electron chi connectivity index (χ4n) is 2.23. The molecule has 0 spiro atoms. The molecular weight excluding hydrogens is 233 g/mol. The van der Waals surface area contributed by atoms with Gasteiger partial charge in [-0.2, -0.15) is 0 Å². The van der Waals surface area contributed by atoms with Crippen molar-refractivity contribution in [2.75, 3.05) is 19.8 Å². The van der Waals surface area contributed by atoms with Crippen molar-refractivity contribution in [3.05, 3.63) is 35.1 Å². The van der Waals surface area contributed by atoms with E-state index in [1.54, 1.807) is 12.1 Å². The quantitative estimate of drug-likeness (QED) is 0.841. The van der Waals surface area contributed by atoms with Gasteiger partial charge < -0.3 is 15.2 Å². The standard InChI is InChI=1S/C14H20FNO2/c15-14-2-1-12(7-13(14)10-17)9-16-8-11-3-5-18-6-4-11/h1-2,7,11,16-17H,3-6,8-10H2. The molecule has 0 atom stereocenters. The molecule has 0 saturated carbocycles. The van der Waals surface area contributed by atoms with Gasteiger partial charge in [0.25, 0.3) is 0 Å². The van der Waals surface area contributed by atoms with Crippen LogP contribution in [0, 0.1) is 11.7 Å². The van der Waals surface area contributed by atoms with E-state index < -0.39 is 0 Å². The minimum absolute atomic E-state index is 0.250. The Morgan fingerprint density at radius 1 is 1.33 bits per heavy atom. The third-order valence-electron chi connectivity index (χ3n) is 3.38. The molecule has 0 bridgehead atoms. The number of benzene rings is 1. The Balaban J connectivity index is 1.79. The highest BCUT2D eigenvalue weighted by atomic mass is 19.1. The van der Waals surface area contributed by atoms with Crippen molar-refractivity contribution in [1.82, 2.24) is 5.32 Å². The highest BCUT2D eigenvalue weighted by Crippen LogP contribution is 2.14. The summed E-state index contributed by atoms with van der Waals surface area (Å²) >= 11 is 0. The molecule has 0 aromatic heterocycles. The van der Waals surface area contributed by atoms with Gasteiger partial charge in [-0.3, -0.25) is 0 Å². The molecule has 0 aliphatic carbocycles. The van der Waals surface area contributed by atoms with Gasteiger partial charge in [-0.15, -0.1) is 0 Å². The summed E-state index contributed by atoms with van der Waals surface area (Å²) in [6.45, 7) is 3.15. The van der Waals surface area contributed by atoms with Gasteiger partial charge >= 0.3 is 0 Å². The molecule has 1 aromatic rings. The lowest BCUT2D eigenvalue weighted by molar-refractivity contribution is 0.0662. The maximum Gasteiger partial charge on any atom is 0.128 e. The first-order chi connectivity index (χ1) is 8.79. The first-order valence-corrected chi connectivity index (χ1v) is 6.46. The molecule has 0 unspecified atom stereocenters. The van der Waals surface area contributed by atoms with Gasteiger partial charge in [0.2, 0.25) is 0 Å². The fourth-order valence-corrected chi connectivity index (χ4v) is 2.23. The highest BCUT2D eigenvalue weighted by molar-refractivity contribution is 5.24. The Kier molecular flexibility index (Phi) is 5.11. The third-order valence-corrected chi connectivity index (χ3v) is 3.38. The van der Waals surface area contributed by atoms with E-state index in [9.17, 15) is 4.39 Å². The highest BCUT2D eigenvalue weighted by Gasteiger charge is 2.12. The molecule has 0 radical (unpaired) electrons. The Bertz CT molecular complexity index is 378. The molecule has 100 valence electrons. The van der Waals surface area contributed by atoms with E-state index >= 15 is 0 Å². The van der Waals surface area contributed by atoms with Crippen LogP contribution in [0.3, 0.4) is 0 Å². The van der Waals surface area contributed by atoms with Gasteiger partial charge in [-0.1, -0.05) is 6.07 Å². The fraction of sp³-hybridized carbons (Fsp3) is 0.571. The van der Waals surface area contributed by atoms with Crippen LogP contribution in [0.2, 0.25) is 0 Å². The summed E-state index contributed by atoms with van der Waals surface area (Å²) in [6, 6.07) is 4.88. The zero-order valence-electron chi connectivity index (χ0n) is 10.5. The van der Waals surface area contributed by atoms with Crippen molar-refractivity contribution in [2.45, 2.75) is 26.0 Å².